The molecule has 1 fully saturated rings. The molecule has 1 amide bonds. The van der Waals surface area contributed by atoms with Crippen LogP contribution in [-0.2, 0) is 9.59 Å². The number of carbonyl (C=O) groups excluding carboxylic acids is 3. The van der Waals surface area contributed by atoms with Crippen LogP contribution in [0.3, 0.4) is 0 Å². The van der Waals surface area contributed by atoms with Crippen LogP contribution in [0.25, 0.3) is 0 Å². The standard InChI is InChI=1S/C21H25N3O3.C9H8O4/c1-15(25)27-20-10-4-16(5-11-20)21(26)22-17-6-8-18(9-7-17)24-13-12-19(14-24)23(2)3;1-6(10)13-8-4-2-7(3-5-8)9(11)12/h4-11,19H,12-14H2,1-3H3,(H,22,26);2-5H,1H3,(H,11,12). The van der Waals surface area contributed by atoms with Gasteiger partial charge in [0.2, 0.25) is 0 Å². The zero-order chi connectivity index (χ0) is 29.2. The summed E-state index contributed by atoms with van der Waals surface area (Å²) in [6.07, 6.45) is 1.16. The number of likely N-dealkylation sites (N-methyl/N-ethyl adjacent to an activating group) is 1. The summed E-state index contributed by atoms with van der Waals surface area (Å²) in [5.74, 6) is -1.26. The Morgan fingerprint density at radius 3 is 1.73 bits per heavy atom. The smallest absolute Gasteiger partial charge is 0.335 e. The normalized spacial score (nSPS) is 14.1. The van der Waals surface area contributed by atoms with Crippen LogP contribution >= 0.6 is 0 Å². The number of aromatic carboxylic acids is 1. The number of nitrogens with one attached hydrogen (secondary N) is 1. The molecule has 3 aromatic carbocycles. The van der Waals surface area contributed by atoms with E-state index in [0.717, 1.165) is 25.2 Å². The molecular weight excluding hydrogens is 514 g/mol. The molecule has 0 aromatic heterocycles. The second-order valence-corrected chi connectivity index (χ2v) is 9.39. The van der Waals surface area contributed by atoms with Crippen LogP contribution in [0.4, 0.5) is 11.4 Å². The van der Waals surface area contributed by atoms with E-state index in [2.05, 4.69) is 29.2 Å². The summed E-state index contributed by atoms with van der Waals surface area (Å²) in [6, 6.07) is 20.6. The first-order valence-corrected chi connectivity index (χ1v) is 12.6. The molecule has 0 bridgehead atoms. The van der Waals surface area contributed by atoms with Crippen molar-refractivity contribution in [1.82, 2.24) is 4.90 Å². The molecule has 210 valence electrons. The van der Waals surface area contributed by atoms with Gasteiger partial charge in [-0.2, -0.15) is 0 Å². The third kappa shape index (κ3) is 8.95. The zero-order valence-corrected chi connectivity index (χ0v) is 22.9. The SMILES string of the molecule is CC(=O)Oc1ccc(C(=O)Nc2ccc(N3CCC(N(C)C)C3)cc2)cc1.CC(=O)Oc1ccc(C(=O)O)cc1. The maximum atomic E-state index is 12.4. The molecule has 1 heterocycles. The molecule has 10 heteroatoms. The van der Waals surface area contributed by atoms with Crippen molar-refractivity contribution >= 4 is 35.2 Å². The van der Waals surface area contributed by atoms with E-state index in [9.17, 15) is 19.2 Å². The Hall–Kier alpha value is -4.70. The van der Waals surface area contributed by atoms with Crippen LogP contribution in [-0.4, -0.2) is 67.0 Å². The van der Waals surface area contributed by atoms with Crippen LogP contribution in [0.5, 0.6) is 11.5 Å². The first kappa shape index (κ1) is 29.9. The molecule has 10 nitrogen and oxygen atoms in total. The summed E-state index contributed by atoms with van der Waals surface area (Å²) < 4.78 is 9.69. The van der Waals surface area contributed by atoms with Gasteiger partial charge in [0, 0.05) is 49.9 Å². The average Bonchev–Trinajstić information content (AvgIpc) is 3.40. The number of rotatable bonds is 7. The molecule has 0 spiro atoms. The molecule has 0 aliphatic carbocycles. The lowest BCUT2D eigenvalue weighted by Gasteiger charge is -2.22. The van der Waals surface area contributed by atoms with Gasteiger partial charge in [-0.25, -0.2) is 4.79 Å². The molecule has 0 saturated carbocycles. The predicted molar refractivity (Wildman–Crippen MR) is 151 cm³/mol. The van der Waals surface area contributed by atoms with Crippen LogP contribution in [0.2, 0.25) is 0 Å². The second-order valence-electron chi connectivity index (χ2n) is 9.39. The third-order valence-corrected chi connectivity index (χ3v) is 6.12. The molecule has 1 atom stereocenters. The van der Waals surface area contributed by atoms with Crippen molar-refractivity contribution in [2.24, 2.45) is 0 Å². The predicted octanol–water partition coefficient (Wildman–Crippen LogP) is 4.31. The molecule has 1 aliphatic rings. The van der Waals surface area contributed by atoms with Gasteiger partial charge in [0.1, 0.15) is 11.5 Å². The summed E-state index contributed by atoms with van der Waals surface area (Å²) in [7, 11) is 4.23. The largest absolute Gasteiger partial charge is 0.478 e. The molecule has 40 heavy (non-hydrogen) atoms. The lowest BCUT2D eigenvalue weighted by atomic mass is 10.2. The monoisotopic (exact) mass is 547 g/mol. The van der Waals surface area contributed by atoms with E-state index >= 15 is 0 Å². The highest BCUT2D eigenvalue weighted by Gasteiger charge is 2.24. The van der Waals surface area contributed by atoms with Crippen molar-refractivity contribution < 1.29 is 33.8 Å². The second kappa shape index (κ2) is 13.9. The zero-order valence-electron chi connectivity index (χ0n) is 22.9. The third-order valence-electron chi connectivity index (χ3n) is 6.12. The molecule has 0 radical (unpaired) electrons. The van der Waals surface area contributed by atoms with Gasteiger partial charge in [0.15, 0.2) is 0 Å². The van der Waals surface area contributed by atoms with Gasteiger partial charge < -0.3 is 29.7 Å². The summed E-state index contributed by atoms with van der Waals surface area (Å²) in [4.78, 5) is 48.9. The van der Waals surface area contributed by atoms with E-state index in [0.29, 0.717) is 23.1 Å². The Morgan fingerprint density at radius 1 is 0.800 bits per heavy atom. The van der Waals surface area contributed by atoms with Gasteiger partial charge in [0.05, 0.1) is 5.56 Å². The van der Waals surface area contributed by atoms with Crippen LogP contribution in [0.1, 0.15) is 41.0 Å². The van der Waals surface area contributed by atoms with E-state index in [1.54, 1.807) is 24.3 Å². The summed E-state index contributed by atoms with van der Waals surface area (Å²) >= 11 is 0. The Balaban J connectivity index is 0.000000285. The summed E-state index contributed by atoms with van der Waals surface area (Å²) in [6.45, 7) is 4.69. The lowest BCUT2D eigenvalue weighted by molar-refractivity contribution is -0.132. The maximum Gasteiger partial charge on any atom is 0.335 e. The maximum absolute atomic E-state index is 12.4. The molecule has 1 unspecified atom stereocenters. The molecule has 2 N–H and O–H groups in total. The van der Waals surface area contributed by atoms with E-state index in [1.807, 2.05) is 24.3 Å². The van der Waals surface area contributed by atoms with Crippen molar-refractivity contribution in [3.63, 3.8) is 0 Å². The first-order valence-electron chi connectivity index (χ1n) is 12.6. The highest BCUT2D eigenvalue weighted by Crippen LogP contribution is 2.24. The van der Waals surface area contributed by atoms with E-state index in [4.69, 9.17) is 14.6 Å². The lowest BCUT2D eigenvalue weighted by Crippen LogP contribution is -2.31. The summed E-state index contributed by atoms with van der Waals surface area (Å²) in [5, 5.41) is 11.4. The minimum atomic E-state index is -1.01. The molecule has 1 aliphatic heterocycles. The fraction of sp³-hybridized carbons (Fsp3) is 0.267. The fourth-order valence-corrected chi connectivity index (χ4v) is 4.03. The van der Waals surface area contributed by atoms with Gasteiger partial charge in [-0.05, 0) is 93.3 Å². The van der Waals surface area contributed by atoms with Crippen molar-refractivity contribution in [2.75, 3.05) is 37.4 Å². The molecule has 4 rings (SSSR count). The quantitative estimate of drug-likeness (QED) is 0.329. The highest BCUT2D eigenvalue weighted by molar-refractivity contribution is 6.04. The molecular formula is C30H33N3O7. The topological polar surface area (TPSA) is 125 Å². The van der Waals surface area contributed by atoms with Gasteiger partial charge >= 0.3 is 17.9 Å². The number of ether oxygens (including phenoxy) is 2. The van der Waals surface area contributed by atoms with Crippen LogP contribution in [0, 0.1) is 0 Å². The Bertz CT molecular complexity index is 1320. The van der Waals surface area contributed by atoms with E-state index in [-0.39, 0.29) is 17.4 Å². The fourth-order valence-electron chi connectivity index (χ4n) is 4.03. The number of benzene rings is 3. The van der Waals surface area contributed by atoms with Crippen molar-refractivity contribution in [2.45, 2.75) is 26.3 Å². The van der Waals surface area contributed by atoms with Crippen molar-refractivity contribution in [1.29, 1.82) is 0 Å². The van der Waals surface area contributed by atoms with Gasteiger partial charge in [0.25, 0.3) is 5.91 Å². The summed E-state index contributed by atoms with van der Waals surface area (Å²) in [5.41, 5.74) is 2.58. The minimum absolute atomic E-state index is 0.163. The van der Waals surface area contributed by atoms with Crippen LogP contribution < -0.4 is 19.7 Å². The van der Waals surface area contributed by atoms with Gasteiger partial charge in [-0.3, -0.25) is 14.4 Å². The van der Waals surface area contributed by atoms with E-state index in [1.165, 1.54) is 43.8 Å². The minimum Gasteiger partial charge on any atom is -0.478 e. The number of esters is 2. The number of amides is 1. The number of carbonyl (C=O) groups is 4. The Morgan fingerprint density at radius 2 is 1.30 bits per heavy atom. The van der Waals surface area contributed by atoms with Gasteiger partial charge in [-0.15, -0.1) is 0 Å². The average molecular weight is 548 g/mol. The number of hydrogen-bond acceptors (Lipinski definition) is 8. The van der Waals surface area contributed by atoms with E-state index < -0.39 is 11.9 Å². The van der Waals surface area contributed by atoms with Crippen LogP contribution in [0.15, 0.2) is 72.8 Å². The molecule has 3 aromatic rings. The van der Waals surface area contributed by atoms with Gasteiger partial charge in [-0.1, -0.05) is 0 Å². The molecule has 1 saturated heterocycles. The Kier molecular flexibility index (Phi) is 10.4. The number of carboxylic acids is 1. The highest BCUT2D eigenvalue weighted by atomic mass is 16.5. The van der Waals surface area contributed by atoms with Crippen molar-refractivity contribution in [3.05, 3.63) is 83.9 Å². The Labute approximate surface area is 233 Å². The van der Waals surface area contributed by atoms with Crippen molar-refractivity contribution in [3.8, 4) is 11.5 Å². The number of anilines is 2. The number of hydrogen-bond donors (Lipinski definition) is 2. The number of nitrogens with zero attached hydrogens (tertiary/aromatic N) is 2. The number of carboxylic acid groups (broad SMARTS) is 1. The first-order chi connectivity index (χ1) is 19.0.